The van der Waals surface area contributed by atoms with Crippen molar-refractivity contribution in [2.24, 2.45) is 4.74 Å². The van der Waals surface area contributed by atoms with Crippen LogP contribution in [0.5, 0.6) is 0 Å². The van der Waals surface area contributed by atoms with Crippen molar-refractivity contribution in [2.75, 3.05) is 0 Å². The minimum Gasteiger partial charge on any atom is -0.284 e. The van der Waals surface area contributed by atoms with Crippen molar-refractivity contribution in [3.8, 4) is 0 Å². The molecule has 0 saturated carbocycles. The summed E-state index contributed by atoms with van der Waals surface area (Å²) in [4.78, 5) is 0. The minimum absolute atomic E-state index is 0. The second kappa shape index (κ2) is 11.1. The van der Waals surface area contributed by atoms with Crippen molar-refractivity contribution in [1.82, 2.24) is 0 Å². The van der Waals surface area contributed by atoms with E-state index < -0.39 is 28.9 Å². The minimum atomic E-state index is -1.28. The molecule has 1 aliphatic rings. The molecule has 0 aromatic heterocycles. The van der Waals surface area contributed by atoms with Gasteiger partial charge in [-0.05, 0) is 26.8 Å². The molecule has 0 aromatic rings. The van der Waals surface area contributed by atoms with Crippen molar-refractivity contribution in [3.05, 3.63) is 47.7 Å². The average molecular weight is 474 g/mol. The zero-order valence-electron chi connectivity index (χ0n) is 20.1. The van der Waals surface area contributed by atoms with E-state index in [1.54, 1.807) is 0 Å². The Balaban J connectivity index is 0. The second-order valence-electron chi connectivity index (χ2n) is 10.3. The maximum absolute atomic E-state index is 5.62. The van der Waals surface area contributed by atoms with Crippen LogP contribution in [0, 0.1) is 0 Å². The van der Waals surface area contributed by atoms with Crippen molar-refractivity contribution in [3.63, 3.8) is 0 Å². The predicted molar refractivity (Wildman–Crippen MR) is 135 cm³/mol. The predicted octanol–water partition coefficient (Wildman–Crippen LogP) is 9.06. The Kier molecular flexibility index (Phi) is 12.2. The van der Waals surface area contributed by atoms with Crippen LogP contribution in [0.15, 0.2) is 52.5 Å². The SMILES string of the molecule is C=C(C)C(C)=CC.C[Si](C)(C)P(=NC1=CC=CC1)([Si](C)(C)C)[Si](C)(C)C.[Ti]. The van der Waals surface area contributed by atoms with Gasteiger partial charge in [-0.2, -0.15) is 0 Å². The number of allylic oxidation sites excluding steroid dienone is 6. The Hall–Kier alpha value is 0.555. The molecule has 0 amide bonds. The fourth-order valence-electron chi connectivity index (χ4n) is 4.42. The molecule has 6 heteroatoms. The van der Waals surface area contributed by atoms with Gasteiger partial charge in [0.05, 0.1) is 23.2 Å². The Morgan fingerprint density at radius 3 is 1.56 bits per heavy atom. The zero-order chi connectivity index (χ0) is 21.0. The van der Waals surface area contributed by atoms with Gasteiger partial charge in [0.1, 0.15) is 0 Å². The first-order chi connectivity index (χ1) is 11.5. The fourth-order valence-corrected chi connectivity index (χ4v) is 88.2. The van der Waals surface area contributed by atoms with Crippen LogP contribution in [0.1, 0.15) is 27.2 Å². The molecule has 1 nitrogen and oxygen atoms in total. The second-order valence-corrected chi connectivity index (χ2v) is 46.7. The van der Waals surface area contributed by atoms with Crippen molar-refractivity contribution >= 4 is 28.9 Å². The van der Waals surface area contributed by atoms with Crippen LogP contribution in [0.25, 0.3) is 0 Å². The summed E-state index contributed by atoms with van der Waals surface area (Å²) in [6.45, 7) is 33.1. The molecule has 1 rings (SSSR count). The van der Waals surface area contributed by atoms with Gasteiger partial charge in [0.25, 0.3) is 0 Å². The van der Waals surface area contributed by atoms with Crippen LogP contribution in [-0.4, -0.2) is 23.2 Å². The molecular formula is C21H44NPSi3Ti. The van der Waals surface area contributed by atoms with Gasteiger partial charge in [0, 0.05) is 33.8 Å². The molecule has 0 atom stereocenters. The van der Waals surface area contributed by atoms with Crippen LogP contribution < -0.4 is 0 Å². The Morgan fingerprint density at radius 2 is 1.37 bits per heavy atom. The summed E-state index contributed by atoms with van der Waals surface area (Å²) < 4.78 is 5.62. The van der Waals surface area contributed by atoms with E-state index in [4.69, 9.17) is 4.74 Å². The third kappa shape index (κ3) is 7.72. The van der Waals surface area contributed by atoms with Gasteiger partial charge >= 0.3 is 0 Å². The van der Waals surface area contributed by atoms with Gasteiger partial charge in [-0.25, -0.2) is 0 Å². The molecular weight excluding hydrogens is 429 g/mol. The third-order valence-corrected chi connectivity index (χ3v) is 66.0. The zero-order valence-corrected chi connectivity index (χ0v) is 25.6. The first-order valence-electron chi connectivity index (χ1n) is 9.78. The van der Waals surface area contributed by atoms with Crippen LogP contribution in [0.3, 0.4) is 0 Å². The van der Waals surface area contributed by atoms with Crippen LogP contribution in [0.4, 0.5) is 0 Å². The smallest absolute Gasteiger partial charge is 0.0843 e. The molecule has 0 heterocycles. The molecule has 0 radical (unpaired) electrons. The molecule has 0 spiro atoms. The molecule has 1 aliphatic carbocycles. The molecule has 0 N–H and O–H groups in total. The largest absolute Gasteiger partial charge is 0.284 e. The van der Waals surface area contributed by atoms with E-state index in [1.807, 2.05) is 13.8 Å². The number of hydrogen-bond acceptors (Lipinski definition) is 1. The quantitative estimate of drug-likeness (QED) is 0.214. The first kappa shape index (κ1) is 29.8. The molecule has 0 fully saturated rings. The first-order valence-corrected chi connectivity index (χ1v) is 24.5. The number of hydrogen-bond donors (Lipinski definition) is 0. The standard InChI is InChI=1S/C14H32NPSi3.C7H12.Ti/c1-17(2,3)16(18(4,5)6,19(7,8)9)15-14-12-10-11-13-14;1-5-7(4)6(2)3;/h10-12H,13H2,1-9H3;5H,2H2,1,3-4H3;. The molecule has 154 valence electrons. The van der Waals surface area contributed by atoms with Gasteiger partial charge in [-0.15, -0.1) is 0 Å². The summed E-state index contributed by atoms with van der Waals surface area (Å²) in [5.41, 5.74) is 2.64. The molecule has 0 aliphatic heterocycles. The number of nitrogens with zero attached hydrogens (tertiary/aromatic N) is 1. The molecule has 0 saturated heterocycles. The monoisotopic (exact) mass is 473 g/mol. The Bertz CT molecular complexity index is 612. The van der Waals surface area contributed by atoms with E-state index in [0.717, 1.165) is 12.0 Å². The average Bonchev–Trinajstić information content (AvgIpc) is 2.93. The maximum atomic E-state index is 5.62. The summed E-state index contributed by atoms with van der Waals surface area (Å²) in [7, 11) is -3.83. The summed E-state index contributed by atoms with van der Waals surface area (Å²) >= 11 is 0. The van der Waals surface area contributed by atoms with Gasteiger partial charge in [-0.3, -0.25) is 4.74 Å². The van der Waals surface area contributed by atoms with Gasteiger partial charge in [0.15, 0.2) is 0 Å². The van der Waals surface area contributed by atoms with Crippen molar-refractivity contribution in [1.29, 1.82) is 0 Å². The van der Waals surface area contributed by atoms with Crippen molar-refractivity contribution < 1.29 is 21.7 Å². The molecule has 0 aromatic carbocycles. The van der Waals surface area contributed by atoms with E-state index in [9.17, 15) is 0 Å². The topological polar surface area (TPSA) is 12.4 Å². The van der Waals surface area contributed by atoms with Crippen molar-refractivity contribution in [2.45, 2.75) is 86.1 Å². The van der Waals surface area contributed by atoms with E-state index >= 15 is 0 Å². The Labute approximate surface area is 188 Å². The third-order valence-electron chi connectivity index (χ3n) is 5.05. The maximum Gasteiger partial charge on any atom is 0.0843 e. The van der Waals surface area contributed by atoms with E-state index in [0.29, 0.717) is 0 Å². The normalized spacial score (nSPS) is 15.4. The Morgan fingerprint density at radius 1 is 0.963 bits per heavy atom. The summed E-state index contributed by atoms with van der Waals surface area (Å²) in [5, 5.41) is 0. The molecule has 27 heavy (non-hydrogen) atoms. The van der Waals surface area contributed by atoms with Crippen LogP contribution in [0.2, 0.25) is 58.9 Å². The van der Waals surface area contributed by atoms with Gasteiger partial charge < -0.3 is 0 Å². The fraction of sp³-hybridized carbons (Fsp3) is 0.619. The van der Waals surface area contributed by atoms with E-state index in [1.165, 1.54) is 11.3 Å². The number of rotatable bonds is 5. The molecule has 0 bridgehead atoms. The summed E-state index contributed by atoms with van der Waals surface area (Å²) in [6.07, 6.45) is 9.83. The summed E-state index contributed by atoms with van der Waals surface area (Å²) in [5.74, 6) is 0. The molecule has 0 unspecified atom stereocenters. The summed E-state index contributed by atoms with van der Waals surface area (Å²) in [6, 6.07) is 0. The van der Waals surface area contributed by atoms with Gasteiger partial charge in [-0.1, -0.05) is 101 Å². The van der Waals surface area contributed by atoms with Crippen LogP contribution in [-0.2, 0) is 21.7 Å². The van der Waals surface area contributed by atoms with Crippen LogP contribution >= 0.6 is 5.70 Å². The van der Waals surface area contributed by atoms with E-state index in [-0.39, 0.29) is 21.7 Å². The van der Waals surface area contributed by atoms with Gasteiger partial charge in [0.2, 0.25) is 0 Å². The van der Waals surface area contributed by atoms with E-state index in [2.05, 4.69) is 96.7 Å².